The molecule has 1 atom stereocenters. The van der Waals surface area contributed by atoms with Crippen LogP contribution in [0, 0.1) is 5.92 Å². The molecule has 0 aromatic rings. The van der Waals surface area contributed by atoms with Gasteiger partial charge in [0.2, 0.25) is 0 Å². The average molecular weight is 200 g/mol. The van der Waals surface area contributed by atoms with Crippen LogP contribution in [0.5, 0.6) is 0 Å². The van der Waals surface area contributed by atoms with Gasteiger partial charge < -0.3 is 10.2 Å². The Morgan fingerprint density at radius 2 is 1.86 bits per heavy atom. The number of allylic oxidation sites excluding steroid dienone is 1. The summed E-state index contributed by atoms with van der Waals surface area (Å²) in [5, 5.41) is 17.0. The summed E-state index contributed by atoms with van der Waals surface area (Å²) in [6.07, 6.45) is 0.694. The molecule has 0 radical (unpaired) electrons. The van der Waals surface area contributed by atoms with Gasteiger partial charge in [-0.15, -0.1) is 0 Å². The Bertz CT molecular complexity index is 256. The van der Waals surface area contributed by atoms with Gasteiger partial charge in [-0.1, -0.05) is 6.58 Å². The van der Waals surface area contributed by atoms with E-state index in [4.69, 9.17) is 10.2 Å². The molecular weight excluding hydrogens is 188 g/mol. The first-order chi connectivity index (χ1) is 6.47. The van der Waals surface area contributed by atoms with Gasteiger partial charge >= 0.3 is 11.9 Å². The molecule has 0 saturated heterocycles. The van der Waals surface area contributed by atoms with Crippen LogP contribution in [0.25, 0.3) is 0 Å². The summed E-state index contributed by atoms with van der Waals surface area (Å²) in [4.78, 5) is 31.6. The molecule has 5 heteroatoms. The summed E-state index contributed by atoms with van der Waals surface area (Å²) in [7, 11) is 0. The van der Waals surface area contributed by atoms with Gasteiger partial charge in [-0.3, -0.25) is 14.4 Å². The molecule has 0 saturated carbocycles. The number of aliphatic carboxylic acids is 2. The van der Waals surface area contributed by atoms with E-state index in [-0.39, 0.29) is 18.6 Å². The van der Waals surface area contributed by atoms with E-state index in [9.17, 15) is 14.4 Å². The molecule has 0 aliphatic carbocycles. The maximum Gasteiger partial charge on any atom is 0.307 e. The summed E-state index contributed by atoms with van der Waals surface area (Å²) in [5.41, 5.74) is 0. The van der Waals surface area contributed by atoms with Crippen molar-refractivity contribution in [1.29, 1.82) is 0 Å². The number of ketones is 1. The molecule has 0 rings (SSSR count). The molecule has 0 bridgehead atoms. The van der Waals surface area contributed by atoms with E-state index in [2.05, 4.69) is 6.58 Å². The Morgan fingerprint density at radius 3 is 2.21 bits per heavy atom. The molecule has 14 heavy (non-hydrogen) atoms. The van der Waals surface area contributed by atoms with Gasteiger partial charge in [0.05, 0.1) is 12.3 Å². The number of hydrogen-bond acceptors (Lipinski definition) is 3. The smallest absolute Gasteiger partial charge is 0.307 e. The van der Waals surface area contributed by atoms with Gasteiger partial charge in [-0.25, -0.2) is 0 Å². The van der Waals surface area contributed by atoms with Crippen LogP contribution < -0.4 is 0 Å². The number of rotatable bonds is 7. The highest BCUT2D eigenvalue weighted by molar-refractivity contribution is 5.89. The lowest BCUT2D eigenvalue weighted by Gasteiger charge is -2.07. The van der Waals surface area contributed by atoms with Crippen molar-refractivity contribution in [2.24, 2.45) is 5.92 Å². The van der Waals surface area contributed by atoms with Crippen molar-refractivity contribution >= 4 is 17.7 Å². The standard InChI is InChI=1S/C9H12O5/c1-2-7(10)4-3-6(9(13)14)5-8(11)12/h2,6H,1,3-5H2,(H,11,12)(H,13,14). The number of hydrogen-bond donors (Lipinski definition) is 2. The van der Waals surface area contributed by atoms with E-state index in [0.717, 1.165) is 6.08 Å². The first kappa shape index (κ1) is 12.3. The molecule has 0 aliphatic rings. The number of carboxylic acid groups (broad SMARTS) is 2. The number of carbonyl (C=O) groups excluding carboxylic acids is 1. The topological polar surface area (TPSA) is 91.7 Å². The first-order valence-electron chi connectivity index (χ1n) is 4.07. The van der Waals surface area contributed by atoms with Gasteiger partial charge in [0, 0.05) is 6.42 Å². The maximum atomic E-state index is 10.8. The quantitative estimate of drug-likeness (QED) is 0.590. The minimum Gasteiger partial charge on any atom is -0.481 e. The van der Waals surface area contributed by atoms with E-state index >= 15 is 0 Å². The SMILES string of the molecule is C=CC(=O)CCC(CC(=O)O)C(=O)O. The Balaban J connectivity index is 4.10. The molecule has 0 aromatic carbocycles. The zero-order valence-electron chi connectivity index (χ0n) is 7.60. The highest BCUT2D eigenvalue weighted by Gasteiger charge is 2.21. The summed E-state index contributed by atoms with van der Waals surface area (Å²) in [6, 6.07) is 0. The third kappa shape index (κ3) is 5.08. The Kier molecular flexibility index (Phi) is 5.21. The Morgan fingerprint density at radius 1 is 1.29 bits per heavy atom. The third-order valence-corrected chi connectivity index (χ3v) is 1.74. The van der Waals surface area contributed by atoms with Crippen molar-refractivity contribution in [2.75, 3.05) is 0 Å². The van der Waals surface area contributed by atoms with Crippen molar-refractivity contribution < 1.29 is 24.6 Å². The number of carboxylic acids is 2. The predicted molar refractivity (Wildman–Crippen MR) is 47.8 cm³/mol. The zero-order chi connectivity index (χ0) is 11.1. The molecule has 0 aromatic heterocycles. The van der Waals surface area contributed by atoms with Gasteiger partial charge in [-0.05, 0) is 12.5 Å². The normalized spacial score (nSPS) is 11.7. The minimum atomic E-state index is -1.19. The summed E-state index contributed by atoms with van der Waals surface area (Å²) in [6.45, 7) is 3.23. The zero-order valence-corrected chi connectivity index (χ0v) is 7.60. The second-order valence-corrected chi connectivity index (χ2v) is 2.84. The van der Waals surface area contributed by atoms with E-state index < -0.39 is 24.3 Å². The predicted octanol–water partition coefficient (Wildman–Crippen LogP) is 0.697. The van der Waals surface area contributed by atoms with Crippen molar-refractivity contribution in [3.8, 4) is 0 Å². The molecule has 0 heterocycles. The van der Waals surface area contributed by atoms with E-state index in [0.29, 0.717) is 0 Å². The highest BCUT2D eigenvalue weighted by Crippen LogP contribution is 2.12. The Labute approximate surface area is 81.0 Å². The van der Waals surface area contributed by atoms with E-state index in [1.807, 2.05) is 0 Å². The largest absolute Gasteiger partial charge is 0.481 e. The average Bonchev–Trinajstić information content (AvgIpc) is 2.10. The van der Waals surface area contributed by atoms with Crippen LogP contribution >= 0.6 is 0 Å². The fourth-order valence-corrected chi connectivity index (χ4v) is 0.942. The van der Waals surface area contributed by atoms with Crippen molar-refractivity contribution in [3.05, 3.63) is 12.7 Å². The van der Waals surface area contributed by atoms with Gasteiger partial charge in [0.25, 0.3) is 0 Å². The van der Waals surface area contributed by atoms with Gasteiger partial charge in [-0.2, -0.15) is 0 Å². The highest BCUT2D eigenvalue weighted by atomic mass is 16.4. The van der Waals surface area contributed by atoms with Crippen molar-refractivity contribution in [2.45, 2.75) is 19.3 Å². The lowest BCUT2D eigenvalue weighted by atomic mass is 9.98. The van der Waals surface area contributed by atoms with Crippen LogP contribution in [0.4, 0.5) is 0 Å². The van der Waals surface area contributed by atoms with Gasteiger partial charge in [0.1, 0.15) is 0 Å². The van der Waals surface area contributed by atoms with Crippen molar-refractivity contribution in [3.63, 3.8) is 0 Å². The lowest BCUT2D eigenvalue weighted by molar-refractivity contribution is -0.148. The van der Waals surface area contributed by atoms with Crippen LogP contribution in [0.2, 0.25) is 0 Å². The second-order valence-electron chi connectivity index (χ2n) is 2.84. The molecule has 5 nitrogen and oxygen atoms in total. The van der Waals surface area contributed by atoms with E-state index in [1.165, 1.54) is 0 Å². The molecule has 0 fully saturated rings. The van der Waals surface area contributed by atoms with Crippen LogP contribution in [-0.2, 0) is 14.4 Å². The van der Waals surface area contributed by atoms with E-state index in [1.54, 1.807) is 0 Å². The van der Waals surface area contributed by atoms with Crippen LogP contribution in [-0.4, -0.2) is 27.9 Å². The van der Waals surface area contributed by atoms with Crippen molar-refractivity contribution in [1.82, 2.24) is 0 Å². The summed E-state index contributed by atoms with van der Waals surface area (Å²) < 4.78 is 0. The second kappa shape index (κ2) is 5.90. The molecule has 0 spiro atoms. The molecule has 1 unspecified atom stereocenters. The molecular formula is C9H12O5. The fourth-order valence-electron chi connectivity index (χ4n) is 0.942. The van der Waals surface area contributed by atoms with Crippen LogP contribution in [0.15, 0.2) is 12.7 Å². The van der Waals surface area contributed by atoms with Gasteiger partial charge in [0.15, 0.2) is 5.78 Å². The lowest BCUT2D eigenvalue weighted by Crippen LogP contribution is -2.18. The van der Waals surface area contributed by atoms with Crippen LogP contribution in [0.1, 0.15) is 19.3 Å². The fraction of sp³-hybridized carbons (Fsp3) is 0.444. The maximum absolute atomic E-state index is 10.8. The third-order valence-electron chi connectivity index (χ3n) is 1.74. The first-order valence-corrected chi connectivity index (χ1v) is 4.07. The summed E-state index contributed by atoms with van der Waals surface area (Å²) in [5.74, 6) is -3.65. The monoisotopic (exact) mass is 200 g/mol. The molecule has 2 N–H and O–H groups in total. The number of carbonyl (C=O) groups is 3. The van der Waals surface area contributed by atoms with Crippen LogP contribution in [0.3, 0.4) is 0 Å². The Hall–Kier alpha value is -1.65. The molecule has 0 aliphatic heterocycles. The summed E-state index contributed by atoms with van der Waals surface area (Å²) >= 11 is 0. The molecule has 0 amide bonds. The molecule has 78 valence electrons. The minimum absolute atomic E-state index is 0.0216.